The Hall–Kier alpha value is -0.770. The molecule has 0 saturated carbocycles. The van der Waals surface area contributed by atoms with Crippen molar-refractivity contribution in [3.8, 4) is 0 Å². The van der Waals surface area contributed by atoms with Gasteiger partial charge in [-0.05, 0) is 0 Å². The topological polar surface area (TPSA) is 49.5 Å². The summed E-state index contributed by atoms with van der Waals surface area (Å²) in [5, 5.41) is 8.47. The third kappa shape index (κ3) is 1.13. The minimum Gasteiger partial charge on any atom is -0.453 e. The first-order chi connectivity index (χ1) is 4.29. The molecule has 0 aromatic heterocycles. The van der Waals surface area contributed by atoms with Crippen LogP contribution >= 0.6 is 0 Å². The number of hydrogen-bond donors (Lipinski definition) is 1. The van der Waals surface area contributed by atoms with Gasteiger partial charge in [0.25, 0.3) is 0 Å². The van der Waals surface area contributed by atoms with E-state index >= 15 is 0 Å². The minimum atomic E-state index is -0.353. The van der Waals surface area contributed by atoms with Crippen molar-refractivity contribution in [2.24, 2.45) is 0 Å². The third-order valence-electron chi connectivity index (χ3n) is 1.33. The van der Waals surface area contributed by atoms with Gasteiger partial charge in [-0.25, -0.2) is 4.79 Å². The van der Waals surface area contributed by atoms with Crippen molar-refractivity contribution in [3.63, 3.8) is 0 Å². The lowest BCUT2D eigenvalue weighted by Crippen LogP contribution is -2.14. The SMILES string of the molecule is COC(=O)N1CC1CO. The number of rotatable bonds is 1. The lowest BCUT2D eigenvalue weighted by molar-refractivity contribution is 0.148. The molecule has 0 spiro atoms. The second-order valence-electron chi connectivity index (χ2n) is 1.96. The molecule has 0 aliphatic carbocycles. The van der Waals surface area contributed by atoms with Crippen molar-refractivity contribution < 1.29 is 14.6 Å². The zero-order chi connectivity index (χ0) is 6.85. The number of aliphatic hydroxyl groups is 1. The Labute approximate surface area is 53.0 Å². The first-order valence-corrected chi connectivity index (χ1v) is 2.75. The Morgan fingerprint density at radius 2 is 2.67 bits per heavy atom. The lowest BCUT2D eigenvalue weighted by atomic mass is 10.5. The van der Waals surface area contributed by atoms with Gasteiger partial charge in [-0.2, -0.15) is 0 Å². The second kappa shape index (κ2) is 2.23. The maximum atomic E-state index is 10.5. The van der Waals surface area contributed by atoms with E-state index in [1.54, 1.807) is 0 Å². The summed E-state index contributed by atoms with van der Waals surface area (Å²) in [5.74, 6) is 0. The molecule has 1 heterocycles. The summed E-state index contributed by atoms with van der Waals surface area (Å²) >= 11 is 0. The number of amides is 1. The summed E-state index contributed by atoms with van der Waals surface area (Å²) in [4.78, 5) is 12.0. The molecule has 1 atom stereocenters. The van der Waals surface area contributed by atoms with Gasteiger partial charge < -0.3 is 9.84 Å². The van der Waals surface area contributed by atoms with Crippen molar-refractivity contribution >= 4 is 6.09 Å². The molecule has 9 heavy (non-hydrogen) atoms. The standard InChI is InChI=1S/C5H9NO3/c1-9-5(8)6-2-4(6)3-7/h4,7H,2-3H2,1H3. The maximum Gasteiger partial charge on any atom is 0.409 e. The van der Waals surface area contributed by atoms with Crippen LogP contribution in [0.15, 0.2) is 0 Å². The Balaban J connectivity index is 2.25. The highest BCUT2D eigenvalue weighted by molar-refractivity contribution is 5.70. The van der Waals surface area contributed by atoms with Gasteiger partial charge in [-0.15, -0.1) is 0 Å². The number of methoxy groups -OCH3 is 1. The van der Waals surface area contributed by atoms with Gasteiger partial charge in [0.15, 0.2) is 0 Å². The average Bonchev–Trinajstić information content (AvgIpc) is 2.64. The highest BCUT2D eigenvalue weighted by atomic mass is 16.5. The van der Waals surface area contributed by atoms with E-state index in [9.17, 15) is 4.79 Å². The van der Waals surface area contributed by atoms with E-state index in [-0.39, 0.29) is 18.7 Å². The van der Waals surface area contributed by atoms with Crippen molar-refractivity contribution in [1.82, 2.24) is 4.90 Å². The molecule has 1 aliphatic rings. The summed E-state index contributed by atoms with van der Waals surface area (Å²) < 4.78 is 4.38. The Kier molecular flexibility index (Phi) is 1.57. The molecule has 1 saturated heterocycles. The number of nitrogens with zero attached hydrogens (tertiary/aromatic N) is 1. The third-order valence-corrected chi connectivity index (χ3v) is 1.33. The number of hydrogen-bond acceptors (Lipinski definition) is 3. The molecule has 0 radical (unpaired) electrons. The average molecular weight is 131 g/mol. The summed E-state index contributed by atoms with van der Waals surface area (Å²) in [6.45, 7) is 0.665. The van der Waals surface area contributed by atoms with Crippen LogP contribution in [-0.2, 0) is 4.74 Å². The lowest BCUT2D eigenvalue weighted by Gasteiger charge is -1.97. The Morgan fingerprint density at radius 1 is 2.00 bits per heavy atom. The van der Waals surface area contributed by atoms with E-state index in [4.69, 9.17) is 5.11 Å². The predicted molar refractivity (Wildman–Crippen MR) is 30.0 cm³/mol. The van der Waals surface area contributed by atoms with Crippen molar-refractivity contribution in [2.75, 3.05) is 20.3 Å². The molecule has 1 unspecified atom stereocenters. The monoisotopic (exact) mass is 131 g/mol. The molecule has 1 amide bonds. The largest absolute Gasteiger partial charge is 0.453 e. The van der Waals surface area contributed by atoms with E-state index in [2.05, 4.69) is 4.74 Å². The van der Waals surface area contributed by atoms with Gasteiger partial charge in [0.1, 0.15) is 0 Å². The van der Waals surface area contributed by atoms with Crippen LogP contribution in [0, 0.1) is 0 Å². The van der Waals surface area contributed by atoms with Gasteiger partial charge in [0.05, 0.1) is 19.8 Å². The van der Waals surface area contributed by atoms with Crippen LogP contribution in [0.3, 0.4) is 0 Å². The molecule has 4 nitrogen and oxygen atoms in total. The summed E-state index contributed by atoms with van der Waals surface area (Å²) in [5.41, 5.74) is 0. The molecule has 52 valence electrons. The van der Waals surface area contributed by atoms with Crippen molar-refractivity contribution in [1.29, 1.82) is 0 Å². The normalized spacial score (nSPS) is 23.8. The van der Waals surface area contributed by atoms with Crippen LogP contribution in [0.1, 0.15) is 0 Å². The fourth-order valence-corrected chi connectivity index (χ4v) is 0.677. The van der Waals surface area contributed by atoms with Gasteiger partial charge in [-0.3, -0.25) is 4.90 Å². The van der Waals surface area contributed by atoms with E-state index in [1.165, 1.54) is 12.0 Å². The molecule has 1 rings (SSSR count). The summed E-state index contributed by atoms with van der Waals surface area (Å²) in [6, 6.07) is 0.0115. The first-order valence-electron chi connectivity index (χ1n) is 2.75. The maximum absolute atomic E-state index is 10.5. The molecule has 0 aromatic rings. The molecule has 0 aromatic carbocycles. The van der Waals surface area contributed by atoms with Crippen LogP contribution < -0.4 is 0 Å². The van der Waals surface area contributed by atoms with E-state index in [0.29, 0.717) is 6.54 Å². The molecule has 4 heteroatoms. The smallest absolute Gasteiger partial charge is 0.409 e. The van der Waals surface area contributed by atoms with E-state index < -0.39 is 0 Å². The van der Waals surface area contributed by atoms with Crippen LogP contribution in [-0.4, -0.2) is 42.4 Å². The zero-order valence-corrected chi connectivity index (χ0v) is 5.20. The number of carbonyl (C=O) groups excluding carboxylic acids is 1. The Morgan fingerprint density at radius 3 is 3.00 bits per heavy atom. The van der Waals surface area contributed by atoms with Gasteiger partial charge in [0.2, 0.25) is 0 Å². The van der Waals surface area contributed by atoms with Crippen LogP contribution in [0.2, 0.25) is 0 Å². The number of aliphatic hydroxyl groups excluding tert-OH is 1. The molecular weight excluding hydrogens is 122 g/mol. The zero-order valence-electron chi connectivity index (χ0n) is 5.20. The van der Waals surface area contributed by atoms with Crippen molar-refractivity contribution in [2.45, 2.75) is 6.04 Å². The van der Waals surface area contributed by atoms with E-state index in [1.807, 2.05) is 0 Å². The number of carbonyl (C=O) groups is 1. The fraction of sp³-hybridized carbons (Fsp3) is 0.800. The van der Waals surface area contributed by atoms with Gasteiger partial charge in [-0.1, -0.05) is 0 Å². The van der Waals surface area contributed by atoms with Gasteiger partial charge in [0, 0.05) is 6.54 Å². The molecular formula is C5H9NO3. The van der Waals surface area contributed by atoms with Crippen LogP contribution in [0.5, 0.6) is 0 Å². The van der Waals surface area contributed by atoms with E-state index in [0.717, 1.165) is 0 Å². The Bertz CT molecular complexity index is 125. The van der Waals surface area contributed by atoms with Crippen LogP contribution in [0.4, 0.5) is 4.79 Å². The van der Waals surface area contributed by atoms with Crippen LogP contribution in [0.25, 0.3) is 0 Å². The number of ether oxygens (including phenoxy) is 1. The molecule has 1 fully saturated rings. The predicted octanol–water partition coefficient (Wildman–Crippen LogP) is -0.571. The van der Waals surface area contributed by atoms with Gasteiger partial charge >= 0.3 is 6.09 Å². The van der Waals surface area contributed by atoms with Crippen molar-refractivity contribution in [3.05, 3.63) is 0 Å². The first kappa shape index (κ1) is 6.35. The summed E-state index contributed by atoms with van der Waals surface area (Å²) in [6.07, 6.45) is -0.353. The fourth-order valence-electron chi connectivity index (χ4n) is 0.677. The molecule has 1 N–H and O–H groups in total. The summed E-state index contributed by atoms with van der Waals surface area (Å²) in [7, 11) is 1.33. The highest BCUT2D eigenvalue weighted by Crippen LogP contribution is 2.16. The second-order valence-corrected chi connectivity index (χ2v) is 1.96. The molecule has 0 bridgehead atoms. The molecule has 1 aliphatic heterocycles. The minimum absolute atomic E-state index is 0.0115. The highest BCUT2D eigenvalue weighted by Gasteiger charge is 2.38. The quantitative estimate of drug-likeness (QED) is 0.485.